The van der Waals surface area contributed by atoms with Gasteiger partial charge >= 0.3 is 11.9 Å². The zero-order chi connectivity index (χ0) is 24.6. The van der Waals surface area contributed by atoms with Gasteiger partial charge in [-0.05, 0) is 82.3 Å². The van der Waals surface area contributed by atoms with Crippen molar-refractivity contribution in [3.05, 3.63) is 96.8 Å². The highest BCUT2D eigenvalue weighted by Gasteiger charge is 2.34. The average molecular weight is 467 g/mol. The molecule has 2 aromatic carbocycles. The Morgan fingerprint density at radius 3 is 2.03 bits per heavy atom. The molecule has 0 aliphatic carbocycles. The van der Waals surface area contributed by atoms with Crippen molar-refractivity contribution in [2.45, 2.75) is 50.2 Å². The standard InChI is InChI=1S/C27H30O5S/c1-7-8-9-19(2)30-24(28)20-10-14-22(15-11-20)31-26(3,4)18-27(5,6)32-25(29)21-12-16-23(33)17-13-21/h7-17,33H,1-2,18H2,3-6H3/b9-8-. The molecule has 33 heavy (non-hydrogen) atoms. The topological polar surface area (TPSA) is 61.8 Å². The van der Waals surface area contributed by atoms with E-state index in [-0.39, 0.29) is 5.76 Å². The van der Waals surface area contributed by atoms with Crippen LogP contribution >= 0.6 is 12.6 Å². The summed E-state index contributed by atoms with van der Waals surface area (Å²) in [6.07, 6.45) is 5.19. The first-order valence-electron chi connectivity index (χ1n) is 10.4. The average Bonchev–Trinajstić information content (AvgIpc) is 2.71. The molecule has 174 valence electrons. The van der Waals surface area contributed by atoms with Crippen molar-refractivity contribution in [3.8, 4) is 5.75 Å². The van der Waals surface area contributed by atoms with Crippen molar-refractivity contribution in [2.24, 2.45) is 0 Å². The van der Waals surface area contributed by atoms with Crippen LogP contribution in [0.5, 0.6) is 5.75 Å². The summed E-state index contributed by atoms with van der Waals surface area (Å²) in [5, 5.41) is 0. The zero-order valence-corrected chi connectivity index (χ0v) is 20.4. The summed E-state index contributed by atoms with van der Waals surface area (Å²) in [7, 11) is 0. The molecular weight excluding hydrogens is 436 g/mol. The third-order valence-electron chi connectivity index (χ3n) is 4.45. The molecule has 0 atom stereocenters. The molecule has 0 aliphatic rings. The van der Waals surface area contributed by atoms with Crippen LogP contribution in [0, 0.1) is 0 Å². The molecule has 0 aromatic heterocycles. The minimum absolute atomic E-state index is 0.222. The monoisotopic (exact) mass is 466 g/mol. The summed E-state index contributed by atoms with van der Waals surface area (Å²) in [5.41, 5.74) is -0.590. The number of carbonyl (C=O) groups excluding carboxylic acids is 2. The van der Waals surface area contributed by atoms with Gasteiger partial charge in [0.15, 0.2) is 0 Å². The molecule has 0 bridgehead atoms. The van der Waals surface area contributed by atoms with Crippen molar-refractivity contribution in [3.63, 3.8) is 0 Å². The van der Waals surface area contributed by atoms with Gasteiger partial charge in [0.2, 0.25) is 0 Å². The summed E-state index contributed by atoms with van der Waals surface area (Å²) in [4.78, 5) is 25.5. The quantitative estimate of drug-likeness (QED) is 0.186. The van der Waals surface area contributed by atoms with Crippen LogP contribution in [0.4, 0.5) is 0 Å². The first-order valence-corrected chi connectivity index (χ1v) is 10.9. The second kappa shape index (κ2) is 11.1. The van der Waals surface area contributed by atoms with Crippen LogP contribution in [0.2, 0.25) is 0 Å². The second-order valence-electron chi connectivity index (χ2n) is 8.71. The van der Waals surface area contributed by atoms with Gasteiger partial charge in [0.1, 0.15) is 22.7 Å². The highest BCUT2D eigenvalue weighted by Crippen LogP contribution is 2.29. The molecule has 0 saturated heterocycles. The number of thiol groups is 1. The highest BCUT2D eigenvalue weighted by atomic mass is 32.1. The van der Waals surface area contributed by atoms with Crippen LogP contribution < -0.4 is 4.74 Å². The minimum atomic E-state index is -0.775. The van der Waals surface area contributed by atoms with Gasteiger partial charge in [-0.1, -0.05) is 25.3 Å². The smallest absolute Gasteiger partial charge is 0.343 e. The lowest BCUT2D eigenvalue weighted by Crippen LogP contribution is -2.40. The Morgan fingerprint density at radius 1 is 0.909 bits per heavy atom. The number of esters is 2. The predicted octanol–water partition coefficient (Wildman–Crippen LogP) is 6.57. The van der Waals surface area contributed by atoms with Crippen LogP contribution in [-0.4, -0.2) is 23.1 Å². The first-order chi connectivity index (χ1) is 15.4. The van der Waals surface area contributed by atoms with Gasteiger partial charge in [-0.15, -0.1) is 12.6 Å². The molecule has 0 unspecified atom stereocenters. The normalized spacial score (nSPS) is 11.7. The van der Waals surface area contributed by atoms with Gasteiger partial charge in [-0.2, -0.15) is 0 Å². The minimum Gasteiger partial charge on any atom is -0.488 e. The Kier molecular flexibility index (Phi) is 8.71. The fourth-order valence-corrected chi connectivity index (χ4v) is 3.52. The van der Waals surface area contributed by atoms with E-state index < -0.39 is 23.1 Å². The molecule has 0 spiro atoms. The van der Waals surface area contributed by atoms with Gasteiger partial charge < -0.3 is 14.2 Å². The Balaban J connectivity index is 1.98. The van der Waals surface area contributed by atoms with Crippen molar-refractivity contribution in [1.82, 2.24) is 0 Å². The fraction of sp³-hybridized carbons (Fsp3) is 0.259. The van der Waals surface area contributed by atoms with Crippen molar-refractivity contribution in [2.75, 3.05) is 0 Å². The lowest BCUT2D eigenvalue weighted by atomic mass is 9.92. The van der Waals surface area contributed by atoms with E-state index >= 15 is 0 Å². The molecule has 0 aliphatic heterocycles. The molecule has 0 saturated carbocycles. The van der Waals surface area contributed by atoms with E-state index in [0.717, 1.165) is 4.90 Å². The Bertz CT molecular complexity index is 1030. The summed E-state index contributed by atoms with van der Waals surface area (Å²) in [6, 6.07) is 13.5. The molecule has 0 heterocycles. The van der Waals surface area contributed by atoms with Crippen molar-refractivity contribution >= 4 is 24.6 Å². The van der Waals surface area contributed by atoms with E-state index in [2.05, 4.69) is 25.8 Å². The number of hydrogen-bond acceptors (Lipinski definition) is 6. The van der Waals surface area contributed by atoms with Crippen LogP contribution in [0.3, 0.4) is 0 Å². The molecule has 0 N–H and O–H groups in total. The largest absolute Gasteiger partial charge is 0.488 e. The van der Waals surface area contributed by atoms with E-state index in [9.17, 15) is 9.59 Å². The Morgan fingerprint density at radius 2 is 1.45 bits per heavy atom. The summed E-state index contributed by atoms with van der Waals surface area (Å²) >= 11 is 4.23. The number of benzene rings is 2. The zero-order valence-electron chi connectivity index (χ0n) is 19.5. The maximum atomic E-state index is 12.5. The summed E-state index contributed by atoms with van der Waals surface area (Å²) in [5.74, 6) is -0.122. The SMILES string of the molecule is C=C/C=C\C(=C)OC(=O)c1ccc(OC(C)(C)CC(C)(C)OC(=O)c2ccc(S)cc2)cc1. The maximum absolute atomic E-state index is 12.5. The lowest BCUT2D eigenvalue weighted by molar-refractivity contribution is -0.0385. The molecular formula is C27H30O5S. The second-order valence-corrected chi connectivity index (χ2v) is 9.23. The molecule has 2 aromatic rings. The van der Waals surface area contributed by atoms with Gasteiger partial charge in [0, 0.05) is 11.3 Å². The van der Waals surface area contributed by atoms with E-state index in [4.69, 9.17) is 14.2 Å². The van der Waals surface area contributed by atoms with Crippen LogP contribution in [-0.2, 0) is 9.47 Å². The highest BCUT2D eigenvalue weighted by molar-refractivity contribution is 7.80. The van der Waals surface area contributed by atoms with E-state index in [1.54, 1.807) is 66.8 Å². The third kappa shape index (κ3) is 8.66. The van der Waals surface area contributed by atoms with E-state index in [1.807, 2.05) is 27.7 Å². The fourth-order valence-electron chi connectivity index (χ4n) is 3.37. The number of hydrogen-bond donors (Lipinski definition) is 1. The van der Waals surface area contributed by atoms with Crippen molar-refractivity contribution in [1.29, 1.82) is 0 Å². The number of rotatable bonds is 10. The van der Waals surface area contributed by atoms with Gasteiger partial charge in [0.05, 0.1) is 11.1 Å². The van der Waals surface area contributed by atoms with Crippen LogP contribution in [0.1, 0.15) is 54.8 Å². The molecule has 5 nitrogen and oxygen atoms in total. The van der Waals surface area contributed by atoms with Crippen molar-refractivity contribution < 1.29 is 23.8 Å². The van der Waals surface area contributed by atoms with Crippen LogP contribution in [0.15, 0.2) is 90.6 Å². The number of ether oxygens (including phenoxy) is 3. The summed E-state index contributed by atoms with van der Waals surface area (Å²) < 4.78 is 17.0. The maximum Gasteiger partial charge on any atom is 0.343 e. The Labute approximate surface area is 201 Å². The third-order valence-corrected chi connectivity index (χ3v) is 4.75. The molecule has 0 fully saturated rings. The number of carbonyl (C=O) groups is 2. The van der Waals surface area contributed by atoms with Gasteiger partial charge in [-0.3, -0.25) is 0 Å². The first kappa shape index (κ1) is 26.0. The Hall–Kier alpha value is -3.25. The molecule has 2 rings (SSSR count). The van der Waals surface area contributed by atoms with E-state index in [1.165, 1.54) is 0 Å². The molecule has 0 amide bonds. The van der Waals surface area contributed by atoms with Gasteiger partial charge in [0.25, 0.3) is 0 Å². The van der Waals surface area contributed by atoms with E-state index in [0.29, 0.717) is 23.3 Å². The lowest BCUT2D eigenvalue weighted by Gasteiger charge is -2.35. The molecule has 6 heteroatoms. The summed E-state index contributed by atoms with van der Waals surface area (Å²) in [6.45, 7) is 14.7. The predicted molar refractivity (Wildman–Crippen MR) is 133 cm³/mol. The molecule has 0 radical (unpaired) electrons. The number of allylic oxidation sites excluding steroid dienone is 3. The van der Waals surface area contributed by atoms with Gasteiger partial charge in [-0.25, -0.2) is 9.59 Å². The van der Waals surface area contributed by atoms with Crippen LogP contribution in [0.25, 0.3) is 0 Å².